The van der Waals surface area contributed by atoms with Crippen LogP contribution in [0.15, 0.2) is 64.5 Å². The van der Waals surface area contributed by atoms with Crippen molar-refractivity contribution in [1.29, 1.82) is 0 Å². The van der Waals surface area contributed by atoms with Crippen molar-refractivity contribution in [1.82, 2.24) is 9.97 Å². The zero-order valence-electron chi connectivity index (χ0n) is 18.2. The largest absolute Gasteiger partial charge is 0.301 e. The van der Waals surface area contributed by atoms with Gasteiger partial charge in [-0.15, -0.1) is 0 Å². The highest BCUT2D eigenvalue weighted by Crippen LogP contribution is 2.51. The van der Waals surface area contributed by atoms with Gasteiger partial charge in [0.25, 0.3) is 5.56 Å². The molecule has 5 rings (SSSR count). The first kappa shape index (κ1) is 20.6. The van der Waals surface area contributed by atoms with Gasteiger partial charge in [0.15, 0.2) is 5.16 Å². The molecule has 2 aliphatic carbocycles. The molecule has 1 saturated carbocycles. The molecule has 3 aromatic rings. The van der Waals surface area contributed by atoms with E-state index in [-0.39, 0.29) is 11.0 Å². The first-order valence-corrected chi connectivity index (χ1v) is 12.6. The molecule has 0 saturated heterocycles. The van der Waals surface area contributed by atoms with Gasteiger partial charge >= 0.3 is 0 Å². The molecule has 1 N–H and O–H groups in total. The van der Waals surface area contributed by atoms with Crippen LogP contribution in [0.5, 0.6) is 0 Å². The van der Waals surface area contributed by atoms with Crippen LogP contribution in [0.3, 0.4) is 0 Å². The summed E-state index contributed by atoms with van der Waals surface area (Å²) in [6.07, 6.45) is 8.26. The van der Waals surface area contributed by atoms with Crippen LogP contribution in [0.25, 0.3) is 11.3 Å². The Kier molecular flexibility index (Phi) is 5.75. The number of aromatic amines is 1. The summed E-state index contributed by atoms with van der Waals surface area (Å²) in [7, 11) is 0. The fourth-order valence-corrected chi connectivity index (χ4v) is 6.65. The molecule has 0 radical (unpaired) electrons. The number of nitrogens with zero attached hydrogens (tertiary/aromatic N) is 1. The predicted molar refractivity (Wildman–Crippen MR) is 129 cm³/mol. The summed E-state index contributed by atoms with van der Waals surface area (Å²) in [5, 5.41) is 0.720. The lowest BCUT2D eigenvalue weighted by atomic mass is 9.58. The van der Waals surface area contributed by atoms with E-state index in [9.17, 15) is 4.79 Å². The van der Waals surface area contributed by atoms with E-state index in [1.165, 1.54) is 43.2 Å². The Bertz CT molecular complexity index is 1120. The number of hydrogen-bond donors (Lipinski definition) is 1. The minimum Gasteiger partial charge on any atom is -0.301 e. The third-order valence-electron chi connectivity index (χ3n) is 7.41. The van der Waals surface area contributed by atoms with Crippen molar-refractivity contribution in [2.24, 2.45) is 5.92 Å². The average molecular weight is 431 g/mol. The van der Waals surface area contributed by atoms with Crippen molar-refractivity contribution in [3.05, 3.63) is 81.6 Å². The Hall–Kier alpha value is -2.33. The highest BCUT2D eigenvalue weighted by atomic mass is 32.2. The number of rotatable bonds is 5. The molecule has 2 aromatic carbocycles. The van der Waals surface area contributed by atoms with Gasteiger partial charge in [-0.05, 0) is 42.7 Å². The van der Waals surface area contributed by atoms with Gasteiger partial charge in [-0.3, -0.25) is 4.79 Å². The summed E-state index contributed by atoms with van der Waals surface area (Å²) in [6.45, 7) is 2.27. The van der Waals surface area contributed by atoms with E-state index in [4.69, 9.17) is 4.98 Å². The monoisotopic (exact) mass is 430 g/mol. The number of thioether (sulfide) groups is 1. The fourth-order valence-electron chi connectivity index (χ4n) is 5.83. The van der Waals surface area contributed by atoms with Crippen LogP contribution in [-0.2, 0) is 17.6 Å². The number of benzene rings is 2. The van der Waals surface area contributed by atoms with Gasteiger partial charge < -0.3 is 4.98 Å². The maximum atomic E-state index is 13.6. The molecule has 0 amide bonds. The lowest BCUT2D eigenvalue weighted by Gasteiger charge is -2.45. The van der Waals surface area contributed by atoms with Crippen LogP contribution in [0.1, 0.15) is 62.1 Å². The molecule has 2 aliphatic rings. The van der Waals surface area contributed by atoms with Gasteiger partial charge in [0, 0.05) is 16.7 Å². The zero-order valence-corrected chi connectivity index (χ0v) is 19.0. The van der Waals surface area contributed by atoms with Crippen LogP contribution in [0.2, 0.25) is 0 Å². The summed E-state index contributed by atoms with van der Waals surface area (Å²) < 4.78 is 0. The first-order valence-electron chi connectivity index (χ1n) is 11.6. The van der Waals surface area contributed by atoms with Gasteiger partial charge in [0.2, 0.25) is 0 Å². The molecule has 1 fully saturated rings. The normalized spacial score (nSPS) is 20.8. The van der Waals surface area contributed by atoms with Gasteiger partial charge in [-0.2, -0.15) is 0 Å². The molecule has 0 aliphatic heterocycles. The van der Waals surface area contributed by atoms with Crippen molar-refractivity contribution in [2.75, 3.05) is 0 Å². The SMILES string of the molecule is CCC1(C2CCCCC2)Cc2ccccc2-c2nc(SCc3ccccc3)[nH]c(=O)c21. The zero-order chi connectivity index (χ0) is 21.3. The second kappa shape index (κ2) is 8.66. The molecular weight excluding hydrogens is 400 g/mol. The molecule has 1 unspecified atom stereocenters. The molecule has 1 aromatic heterocycles. The summed E-state index contributed by atoms with van der Waals surface area (Å²) in [6, 6.07) is 18.9. The summed E-state index contributed by atoms with van der Waals surface area (Å²) in [5.41, 5.74) is 5.57. The summed E-state index contributed by atoms with van der Waals surface area (Å²) in [5.74, 6) is 1.36. The van der Waals surface area contributed by atoms with Crippen molar-refractivity contribution in [3.63, 3.8) is 0 Å². The Balaban J connectivity index is 1.61. The molecule has 1 heterocycles. The topological polar surface area (TPSA) is 45.8 Å². The maximum Gasteiger partial charge on any atom is 0.255 e. The second-order valence-electron chi connectivity index (χ2n) is 9.05. The molecule has 1 atom stereocenters. The van der Waals surface area contributed by atoms with Crippen molar-refractivity contribution >= 4 is 11.8 Å². The van der Waals surface area contributed by atoms with Crippen LogP contribution >= 0.6 is 11.8 Å². The lowest BCUT2D eigenvalue weighted by Crippen LogP contribution is -2.45. The molecule has 160 valence electrons. The number of fused-ring (bicyclic) bond motifs is 3. The summed E-state index contributed by atoms with van der Waals surface area (Å²) in [4.78, 5) is 21.9. The van der Waals surface area contributed by atoms with Gasteiger partial charge in [-0.25, -0.2) is 4.98 Å². The summed E-state index contributed by atoms with van der Waals surface area (Å²) >= 11 is 1.61. The van der Waals surface area contributed by atoms with E-state index in [1.807, 2.05) is 6.07 Å². The fraction of sp³-hybridized carbons (Fsp3) is 0.407. The molecule has 3 nitrogen and oxygen atoms in total. The van der Waals surface area contributed by atoms with Crippen LogP contribution in [0, 0.1) is 5.92 Å². The van der Waals surface area contributed by atoms with Crippen molar-refractivity contribution in [2.45, 2.75) is 68.2 Å². The second-order valence-corrected chi connectivity index (χ2v) is 10.0. The molecule has 0 spiro atoms. The molecule has 0 bridgehead atoms. The van der Waals surface area contributed by atoms with E-state index in [1.54, 1.807) is 11.8 Å². The van der Waals surface area contributed by atoms with E-state index >= 15 is 0 Å². The quantitative estimate of drug-likeness (QED) is 0.370. The first-order chi connectivity index (χ1) is 15.2. The van der Waals surface area contributed by atoms with Crippen molar-refractivity contribution in [3.8, 4) is 11.3 Å². The van der Waals surface area contributed by atoms with Crippen molar-refractivity contribution < 1.29 is 0 Å². The third kappa shape index (κ3) is 3.76. The molecule has 4 heteroatoms. The van der Waals surface area contributed by atoms with Gasteiger partial charge in [0.05, 0.1) is 11.3 Å². The van der Waals surface area contributed by atoms with E-state index < -0.39 is 0 Å². The number of hydrogen-bond acceptors (Lipinski definition) is 3. The highest BCUT2D eigenvalue weighted by Gasteiger charge is 2.46. The van der Waals surface area contributed by atoms with E-state index in [0.717, 1.165) is 40.6 Å². The number of aromatic nitrogens is 2. The highest BCUT2D eigenvalue weighted by molar-refractivity contribution is 7.98. The van der Waals surface area contributed by atoms with Gasteiger partial charge in [-0.1, -0.05) is 92.5 Å². The maximum absolute atomic E-state index is 13.6. The molecular formula is C27H30N2OS. The smallest absolute Gasteiger partial charge is 0.255 e. The Labute approximate surface area is 188 Å². The Morgan fingerprint density at radius 2 is 1.77 bits per heavy atom. The standard InChI is InChI=1S/C27H30N2OS/c1-2-27(21-14-7-4-8-15-21)17-20-13-9-10-16-22(20)24-23(27)25(30)29-26(28-24)31-18-19-11-5-3-6-12-19/h3,5-6,9-13,16,21H,2,4,7-8,14-15,17-18H2,1H3,(H,28,29,30). The Morgan fingerprint density at radius 3 is 2.55 bits per heavy atom. The van der Waals surface area contributed by atoms with Crippen LogP contribution in [0.4, 0.5) is 0 Å². The number of nitrogens with one attached hydrogen (secondary N) is 1. The minimum absolute atomic E-state index is 0.0717. The molecule has 31 heavy (non-hydrogen) atoms. The van der Waals surface area contributed by atoms with Crippen LogP contribution in [-0.4, -0.2) is 9.97 Å². The van der Waals surface area contributed by atoms with Gasteiger partial charge in [0.1, 0.15) is 0 Å². The number of H-pyrrole nitrogens is 1. The van der Waals surface area contributed by atoms with E-state index in [0.29, 0.717) is 5.92 Å². The Morgan fingerprint density at radius 1 is 1.03 bits per heavy atom. The van der Waals surface area contributed by atoms with Crippen LogP contribution < -0.4 is 5.56 Å². The minimum atomic E-state index is -0.104. The lowest BCUT2D eigenvalue weighted by molar-refractivity contribution is 0.188. The predicted octanol–water partition coefficient (Wildman–Crippen LogP) is 6.51. The van der Waals surface area contributed by atoms with E-state index in [2.05, 4.69) is 60.4 Å². The average Bonchev–Trinajstić information content (AvgIpc) is 2.83. The third-order valence-corrected chi connectivity index (χ3v) is 8.35.